The summed E-state index contributed by atoms with van der Waals surface area (Å²) in [4.78, 5) is 27.8. The van der Waals surface area contributed by atoms with E-state index in [4.69, 9.17) is 39.5 Å². The van der Waals surface area contributed by atoms with Crippen LogP contribution in [-0.4, -0.2) is 23.6 Å². The van der Waals surface area contributed by atoms with Crippen LogP contribution in [0.1, 0.15) is 29.4 Å². The van der Waals surface area contributed by atoms with Gasteiger partial charge in [0, 0.05) is 37.8 Å². The Morgan fingerprint density at radius 1 is 0.914 bits per heavy atom. The molecule has 1 aliphatic heterocycles. The zero-order valence-corrected chi connectivity index (χ0v) is 22.1. The Balaban J connectivity index is 1.86. The number of ether oxygens (including phenoxy) is 1. The SMILES string of the molecule is COC(=O)C1=C(C)N(c2cc(Cl)cc(Cl)c2)C(=O)/C1=C\c1cc(C)n(-c2ccc(C)c(Cl)c2)c1C. The molecule has 0 fully saturated rings. The van der Waals surface area contributed by atoms with Crippen LogP contribution in [-0.2, 0) is 14.3 Å². The van der Waals surface area contributed by atoms with Gasteiger partial charge in [-0.25, -0.2) is 4.79 Å². The van der Waals surface area contributed by atoms with Gasteiger partial charge in [-0.15, -0.1) is 0 Å². The first-order valence-corrected chi connectivity index (χ1v) is 11.9. The maximum absolute atomic E-state index is 13.6. The molecular formula is C27H23Cl3N2O3. The van der Waals surface area contributed by atoms with Crippen molar-refractivity contribution in [1.82, 2.24) is 4.57 Å². The monoisotopic (exact) mass is 528 g/mol. The van der Waals surface area contributed by atoms with E-state index in [0.717, 1.165) is 28.2 Å². The molecule has 0 saturated carbocycles. The van der Waals surface area contributed by atoms with Gasteiger partial charge in [0.1, 0.15) is 0 Å². The molecule has 2 aromatic carbocycles. The van der Waals surface area contributed by atoms with Crippen molar-refractivity contribution in [2.24, 2.45) is 0 Å². The summed E-state index contributed by atoms with van der Waals surface area (Å²) in [6, 6.07) is 12.7. The van der Waals surface area contributed by atoms with E-state index in [2.05, 4.69) is 4.57 Å². The smallest absolute Gasteiger partial charge is 0.340 e. The highest BCUT2D eigenvalue weighted by molar-refractivity contribution is 6.35. The summed E-state index contributed by atoms with van der Waals surface area (Å²) in [5.41, 5.74) is 5.87. The zero-order chi connectivity index (χ0) is 25.6. The third kappa shape index (κ3) is 4.52. The molecule has 1 amide bonds. The third-order valence-electron chi connectivity index (χ3n) is 6.08. The molecule has 0 radical (unpaired) electrons. The van der Waals surface area contributed by atoms with Crippen molar-refractivity contribution < 1.29 is 14.3 Å². The number of hydrogen-bond donors (Lipinski definition) is 0. The molecular weight excluding hydrogens is 507 g/mol. The van der Waals surface area contributed by atoms with Crippen molar-refractivity contribution in [3.8, 4) is 5.69 Å². The average molecular weight is 530 g/mol. The summed E-state index contributed by atoms with van der Waals surface area (Å²) in [5, 5.41) is 1.43. The zero-order valence-electron chi connectivity index (χ0n) is 19.9. The minimum absolute atomic E-state index is 0.191. The van der Waals surface area contributed by atoms with Gasteiger partial charge in [-0.05, 0) is 81.3 Å². The van der Waals surface area contributed by atoms with Crippen LogP contribution in [0.5, 0.6) is 0 Å². The normalized spacial score (nSPS) is 14.9. The number of amides is 1. The van der Waals surface area contributed by atoms with Crippen molar-refractivity contribution in [2.75, 3.05) is 12.0 Å². The summed E-state index contributed by atoms with van der Waals surface area (Å²) in [5.74, 6) is -0.971. The highest BCUT2D eigenvalue weighted by Gasteiger charge is 2.38. The highest BCUT2D eigenvalue weighted by atomic mass is 35.5. The predicted octanol–water partition coefficient (Wildman–Crippen LogP) is 7.24. The molecule has 0 bridgehead atoms. The van der Waals surface area contributed by atoms with Crippen LogP contribution in [0.3, 0.4) is 0 Å². The number of carbonyl (C=O) groups is 2. The van der Waals surface area contributed by atoms with Crippen LogP contribution >= 0.6 is 34.8 Å². The van der Waals surface area contributed by atoms with Crippen LogP contribution in [0.2, 0.25) is 15.1 Å². The Labute approximate surface area is 219 Å². The molecule has 3 aromatic rings. The van der Waals surface area contributed by atoms with E-state index >= 15 is 0 Å². The quantitative estimate of drug-likeness (QED) is 0.264. The fraction of sp³-hybridized carbons (Fsp3) is 0.185. The number of hydrogen-bond acceptors (Lipinski definition) is 3. The van der Waals surface area contributed by atoms with Crippen molar-refractivity contribution >= 4 is 58.4 Å². The standard InChI is InChI=1S/C27H23Cl3N2O3/c1-14-6-7-21(13-24(14)30)31-15(2)8-18(16(31)3)9-23-25(27(34)35-5)17(4)32(26(23)33)22-11-19(28)10-20(29)12-22/h6-13H,1-5H3/b23-9-. The maximum atomic E-state index is 13.6. The van der Waals surface area contributed by atoms with Gasteiger partial charge in [0.25, 0.3) is 5.91 Å². The minimum Gasteiger partial charge on any atom is -0.465 e. The Hall–Kier alpha value is -2.99. The second-order valence-corrected chi connectivity index (χ2v) is 9.65. The molecule has 1 aliphatic rings. The lowest BCUT2D eigenvalue weighted by Gasteiger charge is -2.18. The molecule has 0 N–H and O–H groups in total. The van der Waals surface area contributed by atoms with Crippen LogP contribution in [0.4, 0.5) is 5.69 Å². The average Bonchev–Trinajstić information content (AvgIpc) is 3.20. The van der Waals surface area contributed by atoms with Gasteiger partial charge in [0.05, 0.1) is 23.9 Å². The fourth-order valence-corrected chi connectivity index (χ4v) is 5.06. The largest absolute Gasteiger partial charge is 0.465 e. The van der Waals surface area contributed by atoms with Crippen molar-refractivity contribution in [3.05, 3.63) is 96.9 Å². The van der Waals surface area contributed by atoms with E-state index in [9.17, 15) is 9.59 Å². The Morgan fingerprint density at radius 2 is 1.57 bits per heavy atom. The third-order valence-corrected chi connectivity index (χ3v) is 6.92. The molecule has 0 spiro atoms. The van der Waals surface area contributed by atoms with Gasteiger partial charge < -0.3 is 9.30 Å². The molecule has 0 aliphatic carbocycles. The number of anilines is 1. The molecule has 8 heteroatoms. The number of halogens is 3. The van der Waals surface area contributed by atoms with Gasteiger partial charge in [-0.1, -0.05) is 40.9 Å². The van der Waals surface area contributed by atoms with Crippen molar-refractivity contribution in [3.63, 3.8) is 0 Å². The van der Waals surface area contributed by atoms with Gasteiger partial charge in [0.15, 0.2) is 0 Å². The van der Waals surface area contributed by atoms with E-state index < -0.39 is 5.97 Å². The summed E-state index contributed by atoms with van der Waals surface area (Å²) in [7, 11) is 1.29. The molecule has 5 nitrogen and oxygen atoms in total. The lowest BCUT2D eigenvalue weighted by molar-refractivity contribution is -0.136. The van der Waals surface area contributed by atoms with Gasteiger partial charge in [-0.3, -0.25) is 9.69 Å². The van der Waals surface area contributed by atoms with Crippen LogP contribution < -0.4 is 4.90 Å². The lowest BCUT2D eigenvalue weighted by atomic mass is 10.0. The number of rotatable bonds is 4. The second-order valence-electron chi connectivity index (χ2n) is 8.37. The van der Waals surface area contributed by atoms with E-state index in [1.54, 1.807) is 31.2 Å². The Kier molecular flexibility index (Phi) is 6.87. The molecule has 35 heavy (non-hydrogen) atoms. The summed E-state index contributed by atoms with van der Waals surface area (Å²) in [6.07, 6.45) is 1.72. The van der Waals surface area contributed by atoms with Gasteiger partial charge in [0.2, 0.25) is 0 Å². The first-order valence-electron chi connectivity index (χ1n) is 10.8. The number of benzene rings is 2. The minimum atomic E-state index is -0.600. The molecule has 1 aromatic heterocycles. The Bertz CT molecular complexity index is 1430. The van der Waals surface area contributed by atoms with E-state index in [0.29, 0.717) is 26.5 Å². The second kappa shape index (κ2) is 9.57. The number of carbonyl (C=O) groups excluding carboxylic acids is 2. The highest BCUT2D eigenvalue weighted by Crippen LogP contribution is 2.38. The molecule has 2 heterocycles. The van der Waals surface area contributed by atoms with E-state index in [1.807, 2.05) is 45.0 Å². The van der Waals surface area contributed by atoms with Gasteiger partial charge in [-0.2, -0.15) is 0 Å². The van der Waals surface area contributed by atoms with Crippen molar-refractivity contribution in [1.29, 1.82) is 0 Å². The lowest BCUT2D eigenvalue weighted by Crippen LogP contribution is -2.24. The topological polar surface area (TPSA) is 51.5 Å². The van der Waals surface area contributed by atoms with Crippen LogP contribution in [0.15, 0.2) is 59.3 Å². The number of esters is 1. The predicted molar refractivity (Wildman–Crippen MR) is 142 cm³/mol. The summed E-state index contributed by atoms with van der Waals surface area (Å²) < 4.78 is 7.07. The number of methoxy groups -OCH3 is 1. The summed E-state index contributed by atoms with van der Waals surface area (Å²) in [6.45, 7) is 7.57. The Morgan fingerprint density at radius 3 is 2.17 bits per heavy atom. The molecule has 0 unspecified atom stereocenters. The van der Waals surface area contributed by atoms with Crippen molar-refractivity contribution in [2.45, 2.75) is 27.7 Å². The number of aryl methyl sites for hydroxylation is 2. The van der Waals surface area contributed by atoms with E-state index in [-0.39, 0.29) is 17.1 Å². The maximum Gasteiger partial charge on any atom is 0.340 e. The fourth-order valence-electron chi connectivity index (χ4n) is 4.37. The molecule has 0 saturated heterocycles. The number of allylic oxidation sites excluding steroid dienone is 1. The molecule has 180 valence electrons. The van der Waals surface area contributed by atoms with E-state index in [1.165, 1.54) is 12.0 Å². The number of aromatic nitrogens is 1. The molecule has 0 atom stereocenters. The first-order chi connectivity index (χ1) is 16.5. The van der Waals surface area contributed by atoms with Gasteiger partial charge >= 0.3 is 5.97 Å². The summed E-state index contributed by atoms with van der Waals surface area (Å²) >= 11 is 18.7. The van der Waals surface area contributed by atoms with Crippen LogP contribution in [0, 0.1) is 20.8 Å². The van der Waals surface area contributed by atoms with Crippen LogP contribution in [0.25, 0.3) is 11.8 Å². The first kappa shape index (κ1) is 25.1. The number of nitrogens with zero attached hydrogens (tertiary/aromatic N) is 2. The molecule has 4 rings (SSSR count).